The third-order valence-electron chi connectivity index (χ3n) is 4.29. The summed E-state index contributed by atoms with van der Waals surface area (Å²) in [6.07, 6.45) is 8.67. The van der Waals surface area contributed by atoms with Crippen molar-refractivity contribution in [1.29, 1.82) is 0 Å². The van der Waals surface area contributed by atoms with E-state index in [-0.39, 0.29) is 12.2 Å². The van der Waals surface area contributed by atoms with Crippen LogP contribution in [-0.2, 0) is 17.7 Å². The van der Waals surface area contributed by atoms with Crippen molar-refractivity contribution >= 4 is 0 Å². The number of rotatable bonds is 2. The van der Waals surface area contributed by atoms with E-state index in [1.54, 1.807) is 0 Å². The minimum atomic E-state index is -0.270. The fraction of sp³-hybridized carbons (Fsp3) is 0.733. The van der Waals surface area contributed by atoms with Crippen molar-refractivity contribution in [3.63, 3.8) is 0 Å². The van der Waals surface area contributed by atoms with E-state index in [1.165, 1.54) is 12.0 Å². The molecule has 1 aromatic heterocycles. The van der Waals surface area contributed by atoms with Crippen LogP contribution in [0, 0.1) is 0 Å². The number of aliphatic hydroxyl groups excluding tert-OH is 1. The maximum Gasteiger partial charge on any atom is 0.0880 e. The summed E-state index contributed by atoms with van der Waals surface area (Å²) in [5, 5.41) is 10.1. The van der Waals surface area contributed by atoms with Gasteiger partial charge >= 0.3 is 0 Å². The SMILES string of the molecule is CN1CCOC(Cn2cc3c(c2)C(O)CCCC3)C1. The largest absolute Gasteiger partial charge is 0.388 e. The summed E-state index contributed by atoms with van der Waals surface area (Å²) < 4.78 is 8.02. The zero-order valence-electron chi connectivity index (χ0n) is 11.7. The molecule has 3 rings (SSSR count). The highest BCUT2D eigenvalue weighted by Gasteiger charge is 2.21. The van der Waals surface area contributed by atoms with Gasteiger partial charge < -0.3 is 19.3 Å². The first kappa shape index (κ1) is 13.2. The topological polar surface area (TPSA) is 37.6 Å². The van der Waals surface area contributed by atoms with E-state index < -0.39 is 0 Å². The molecule has 19 heavy (non-hydrogen) atoms. The van der Waals surface area contributed by atoms with Crippen LogP contribution in [0.1, 0.15) is 36.5 Å². The quantitative estimate of drug-likeness (QED) is 0.824. The van der Waals surface area contributed by atoms with Crippen molar-refractivity contribution in [1.82, 2.24) is 9.47 Å². The van der Waals surface area contributed by atoms with E-state index in [0.29, 0.717) is 0 Å². The second kappa shape index (κ2) is 5.65. The lowest BCUT2D eigenvalue weighted by Crippen LogP contribution is -2.41. The Hall–Kier alpha value is -0.840. The molecule has 2 aliphatic rings. The van der Waals surface area contributed by atoms with E-state index in [0.717, 1.165) is 51.1 Å². The number of hydrogen-bond donors (Lipinski definition) is 1. The van der Waals surface area contributed by atoms with Crippen molar-refractivity contribution in [3.8, 4) is 0 Å². The molecule has 0 radical (unpaired) electrons. The van der Waals surface area contributed by atoms with Crippen molar-refractivity contribution in [2.24, 2.45) is 0 Å². The number of nitrogens with zero attached hydrogens (tertiary/aromatic N) is 2. The van der Waals surface area contributed by atoms with Crippen molar-refractivity contribution < 1.29 is 9.84 Å². The third kappa shape index (κ3) is 3.02. The van der Waals surface area contributed by atoms with E-state index >= 15 is 0 Å². The molecule has 1 aromatic rings. The van der Waals surface area contributed by atoms with Gasteiger partial charge in [-0.2, -0.15) is 0 Å². The van der Waals surface area contributed by atoms with Gasteiger partial charge in [-0.25, -0.2) is 0 Å². The van der Waals surface area contributed by atoms with Gasteiger partial charge in [0, 0.05) is 37.6 Å². The molecule has 4 nitrogen and oxygen atoms in total. The first-order valence-corrected chi connectivity index (χ1v) is 7.39. The summed E-state index contributed by atoms with van der Waals surface area (Å²) in [6, 6.07) is 0. The maximum atomic E-state index is 10.1. The summed E-state index contributed by atoms with van der Waals surface area (Å²) in [4.78, 5) is 2.32. The lowest BCUT2D eigenvalue weighted by atomic mass is 10.1. The summed E-state index contributed by atoms with van der Waals surface area (Å²) >= 11 is 0. The van der Waals surface area contributed by atoms with E-state index in [9.17, 15) is 5.11 Å². The molecule has 2 heterocycles. The van der Waals surface area contributed by atoms with Crippen LogP contribution in [0.5, 0.6) is 0 Å². The summed E-state index contributed by atoms with van der Waals surface area (Å²) in [6.45, 7) is 3.73. The Kier molecular flexibility index (Phi) is 3.91. The zero-order chi connectivity index (χ0) is 13.2. The van der Waals surface area contributed by atoms with Crippen molar-refractivity contribution in [2.45, 2.75) is 44.4 Å². The van der Waals surface area contributed by atoms with Gasteiger partial charge in [-0.05, 0) is 31.9 Å². The van der Waals surface area contributed by atoms with E-state index in [2.05, 4.69) is 28.9 Å². The third-order valence-corrected chi connectivity index (χ3v) is 4.29. The van der Waals surface area contributed by atoms with Crippen LogP contribution in [0.4, 0.5) is 0 Å². The van der Waals surface area contributed by atoms with Gasteiger partial charge in [-0.3, -0.25) is 0 Å². The molecule has 2 atom stereocenters. The number of aromatic nitrogens is 1. The molecule has 0 bridgehead atoms. The van der Waals surface area contributed by atoms with Gasteiger partial charge in [-0.15, -0.1) is 0 Å². The molecular weight excluding hydrogens is 240 g/mol. The molecule has 4 heteroatoms. The van der Waals surface area contributed by atoms with Gasteiger partial charge in [-0.1, -0.05) is 6.42 Å². The molecule has 1 aliphatic heterocycles. The Morgan fingerprint density at radius 1 is 1.37 bits per heavy atom. The maximum absolute atomic E-state index is 10.1. The molecule has 1 N–H and O–H groups in total. The van der Waals surface area contributed by atoms with Crippen molar-refractivity contribution in [2.75, 3.05) is 26.7 Å². The standard InChI is InChI=1S/C15H24N2O2/c1-16-6-7-19-13(9-16)10-17-8-12-4-2-3-5-15(18)14(12)11-17/h8,11,13,15,18H,2-7,9-10H2,1H3. The van der Waals surface area contributed by atoms with Crippen LogP contribution in [0.15, 0.2) is 12.4 Å². The zero-order valence-corrected chi connectivity index (χ0v) is 11.7. The molecular formula is C15H24N2O2. The first-order chi connectivity index (χ1) is 9.22. The molecule has 106 valence electrons. The van der Waals surface area contributed by atoms with Gasteiger partial charge in [0.1, 0.15) is 0 Å². The Morgan fingerprint density at radius 2 is 2.26 bits per heavy atom. The van der Waals surface area contributed by atoms with Crippen LogP contribution in [0.25, 0.3) is 0 Å². The molecule has 1 fully saturated rings. The monoisotopic (exact) mass is 264 g/mol. The lowest BCUT2D eigenvalue weighted by molar-refractivity contribution is -0.0274. The van der Waals surface area contributed by atoms with Crippen LogP contribution in [0.2, 0.25) is 0 Å². The van der Waals surface area contributed by atoms with Gasteiger partial charge in [0.15, 0.2) is 0 Å². The predicted octanol–water partition coefficient (Wildman–Crippen LogP) is 1.58. The lowest BCUT2D eigenvalue weighted by Gasteiger charge is -2.30. The van der Waals surface area contributed by atoms with Crippen molar-refractivity contribution in [3.05, 3.63) is 23.5 Å². The Morgan fingerprint density at radius 3 is 3.11 bits per heavy atom. The number of fused-ring (bicyclic) bond motifs is 1. The Labute approximate surface area is 115 Å². The molecule has 0 saturated carbocycles. The molecule has 0 amide bonds. The minimum absolute atomic E-state index is 0.270. The number of likely N-dealkylation sites (N-methyl/N-ethyl adjacent to an activating group) is 1. The first-order valence-electron chi connectivity index (χ1n) is 7.39. The molecule has 1 aliphatic carbocycles. The number of hydrogen-bond acceptors (Lipinski definition) is 3. The fourth-order valence-electron chi connectivity index (χ4n) is 3.21. The minimum Gasteiger partial charge on any atom is -0.388 e. The van der Waals surface area contributed by atoms with Crippen LogP contribution >= 0.6 is 0 Å². The summed E-state index contributed by atoms with van der Waals surface area (Å²) in [7, 11) is 2.14. The highest BCUT2D eigenvalue weighted by molar-refractivity contribution is 5.28. The number of aliphatic hydroxyl groups is 1. The number of ether oxygens (including phenoxy) is 1. The second-order valence-corrected chi connectivity index (χ2v) is 5.95. The highest BCUT2D eigenvalue weighted by atomic mass is 16.5. The van der Waals surface area contributed by atoms with Gasteiger partial charge in [0.25, 0.3) is 0 Å². The highest BCUT2D eigenvalue weighted by Crippen LogP contribution is 2.29. The predicted molar refractivity (Wildman–Crippen MR) is 74.2 cm³/mol. The molecule has 2 unspecified atom stereocenters. The van der Waals surface area contributed by atoms with E-state index in [1.807, 2.05) is 0 Å². The normalized spacial score (nSPS) is 28.9. The van der Waals surface area contributed by atoms with Crippen LogP contribution in [0.3, 0.4) is 0 Å². The number of aryl methyl sites for hydroxylation is 1. The smallest absolute Gasteiger partial charge is 0.0880 e. The Balaban J connectivity index is 1.70. The van der Waals surface area contributed by atoms with Crippen LogP contribution in [-0.4, -0.2) is 47.4 Å². The van der Waals surface area contributed by atoms with Gasteiger partial charge in [0.05, 0.1) is 18.8 Å². The average molecular weight is 264 g/mol. The molecule has 1 saturated heterocycles. The summed E-state index contributed by atoms with van der Waals surface area (Å²) in [5.41, 5.74) is 2.47. The molecule has 0 spiro atoms. The van der Waals surface area contributed by atoms with E-state index in [4.69, 9.17) is 4.74 Å². The number of morpholine rings is 1. The summed E-state index contributed by atoms with van der Waals surface area (Å²) in [5.74, 6) is 0. The fourth-order valence-corrected chi connectivity index (χ4v) is 3.21. The Bertz CT molecular complexity index is 430. The van der Waals surface area contributed by atoms with Crippen LogP contribution < -0.4 is 0 Å². The molecule has 0 aromatic carbocycles. The average Bonchev–Trinajstić information content (AvgIpc) is 2.70. The van der Waals surface area contributed by atoms with Gasteiger partial charge in [0.2, 0.25) is 0 Å². The second-order valence-electron chi connectivity index (χ2n) is 5.95.